The summed E-state index contributed by atoms with van der Waals surface area (Å²) in [7, 11) is 0. The van der Waals surface area contributed by atoms with Crippen molar-refractivity contribution in [3.8, 4) is 0 Å². The lowest BCUT2D eigenvalue weighted by Crippen LogP contribution is -2.45. The van der Waals surface area contributed by atoms with Gasteiger partial charge in [0.25, 0.3) is 5.56 Å². The Morgan fingerprint density at radius 1 is 1.43 bits per heavy atom. The molecule has 1 aliphatic rings. The number of nitrogens with zero attached hydrogens (tertiary/aromatic N) is 3. The van der Waals surface area contributed by atoms with Gasteiger partial charge in [-0.2, -0.15) is 0 Å². The zero-order valence-electron chi connectivity index (χ0n) is 12.4. The summed E-state index contributed by atoms with van der Waals surface area (Å²) in [5, 5.41) is 0. The van der Waals surface area contributed by atoms with Gasteiger partial charge in [0, 0.05) is 31.4 Å². The van der Waals surface area contributed by atoms with E-state index < -0.39 is 0 Å². The van der Waals surface area contributed by atoms with Gasteiger partial charge >= 0.3 is 0 Å². The van der Waals surface area contributed by atoms with Gasteiger partial charge in [-0.05, 0) is 37.4 Å². The van der Waals surface area contributed by atoms with E-state index in [0.717, 1.165) is 24.6 Å². The van der Waals surface area contributed by atoms with Crippen LogP contribution in [0.1, 0.15) is 25.5 Å². The lowest BCUT2D eigenvalue weighted by Gasteiger charge is -2.37. The molecule has 21 heavy (non-hydrogen) atoms. The SMILES string of the molecule is CC1CCN(Cc2cc(=O)n3ccccc3n2)C(CN)C1. The van der Waals surface area contributed by atoms with Crippen LogP contribution in [0.15, 0.2) is 35.3 Å². The lowest BCUT2D eigenvalue weighted by atomic mass is 9.92. The van der Waals surface area contributed by atoms with Crippen molar-refractivity contribution in [2.45, 2.75) is 32.4 Å². The Morgan fingerprint density at radius 3 is 3.10 bits per heavy atom. The first-order chi connectivity index (χ1) is 10.2. The van der Waals surface area contributed by atoms with Crippen molar-refractivity contribution < 1.29 is 0 Å². The number of hydrogen-bond acceptors (Lipinski definition) is 4. The number of likely N-dealkylation sites (tertiary alicyclic amines) is 1. The van der Waals surface area contributed by atoms with E-state index >= 15 is 0 Å². The minimum absolute atomic E-state index is 0.0229. The van der Waals surface area contributed by atoms with Crippen LogP contribution in [0.25, 0.3) is 5.65 Å². The second kappa shape index (κ2) is 5.95. The largest absolute Gasteiger partial charge is 0.329 e. The minimum atomic E-state index is -0.0229. The fraction of sp³-hybridized carbons (Fsp3) is 0.500. The predicted molar refractivity (Wildman–Crippen MR) is 83.1 cm³/mol. The highest BCUT2D eigenvalue weighted by Crippen LogP contribution is 2.23. The molecule has 2 N–H and O–H groups in total. The van der Waals surface area contributed by atoms with E-state index in [0.29, 0.717) is 24.8 Å². The molecule has 0 aromatic carbocycles. The molecule has 1 fully saturated rings. The summed E-state index contributed by atoms with van der Waals surface area (Å²) in [4.78, 5) is 19.1. The Kier molecular flexibility index (Phi) is 4.03. The predicted octanol–water partition coefficient (Wildman–Crippen LogP) is 1.25. The van der Waals surface area contributed by atoms with Crippen molar-refractivity contribution in [2.24, 2.45) is 11.7 Å². The molecule has 0 bridgehead atoms. The van der Waals surface area contributed by atoms with Gasteiger partial charge in [0.05, 0.1) is 5.69 Å². The highest BCUT2D eigenvalue weighted by atomic mass is 16.1. The fourth-order valence-corrected chi connectivity index (χ4v) is 3.15. The maximum absolute atomic E-state index is 12.1. The number of rotatable bonds is 3. The first kappa shape index (κ1) is 14.2. The summed E-state index contributed by atoms with van der Waals surface area (Å²) in [6.45, 7) is 4.67. The number of hydrogen-bond donors (Lipinski definition) is 1. The zero-order valence-corrected chi connectivity index (χ0v) is 12.4. The van der Waals surface area contributed by atoms with Crippen molar-refractivity contribution in [1.82, 2.24) is 14.3 Å². The van der Waals surface area contributed by atoms with E-state index in [1.807, 2.05) is 18.2 Å². The molecule has 0 aliphatic carbocycles. The van der Waals surface area contributed by atoms with Crippen molar-refractivity contribution in [3.05, 3.63) is 46.5 Å². The normalized spacial score (nSPS) is 23.5. The molecule has 3 heterocycles. The Balaban J connectivity index is 1.86. The third-order valence-corrected chi connectivity index (χ3v) is 4.36. The third kappa shape index (κ3) is 2.99. The summed E-state index contributed by atoms with van der Waals surface area (Å²) >= 11 is 0. The maximum Gasteiger partial charge on any atom is 0.258 e. The number of nitrogens with two attached hydrogens (primary N) is 1. The molecule has 2 aromatic rings. The van der Waals surface area contributed by atoms with Crippen LogP contribution < -0.4 is 11.3 Å². The zero-order chi connectivity index (χ0) is 14.8. The monoisotopic (exact) mass is 286 g/mol. The number of fused-ring (bicyclic) bond motifs is 1. The molecule has 3 rings (SSSR count). The van der Waals surface area contributed by atoms with Crippen molar-refractivity contribution >= 4 is 5.65 Å². The van der Waals surface area contributed by atoms with E-state index in [4.69, 9.17) is 5.73 Å². The number of pyridine rings is 1. The summed E-state index contributed by atoms with van der Waals surface area (Å²) < 4.78 is 1.57. The first-order valence-corrected chi connectivity index (χ1v) is 7.59. The smallest absolute Gasteiger partial charge is 0.258 e. The molecule has 0 saturated carbocycles. The summed E-state index contributed by atoms with van der Waals surface area (Å²) in [6, 6.07) is 7.63. The minimum Gasteiger partial charge on any atom is -0.329 e. The Hall–Kier alpha value is -1.72. The molecular weight excluding hydrogens is 264 g/mol. The van der Waals surface area contributed by atoms with Gasteiger partial charge in [-0.3, -0.25) is 14.1 Å². The van der Waals surface area contributed by atoms with Crippen LogP contribution in [0.5, 0.6) is 0 Å². The van der Waals surface area contributed by atoms with Crippen LogP contribution in [-0.4, -0.2) is 33.4 Å². The summed E-state index contributed by atoms with van der Waals surface area (Å²) in [6.07, 6.45) is 4.06. The topological polar surface area (TPSA) is 63.6 Å². The first-order valence-electron chi connectivity index (χ1n) is 7.59. The van der Waals surface area contributed by atoms with Gasteiger partial charge < -0.3 is 5.73 Å². The molecule has 2 unspecified atom stereocenters. The van der Waals surface area contributed by atoms with E-state index in [1.165, 1.54) is 6.42 Å². The average molecular weight is 286 g/mol. The molecule has 2 aromatic heterocycles. The highest BCUT2D eigenvalue weighted by molar-refractivity contribution is 5.37. The molecular formula is C16H22N4O. The molecule has 112 valence electrons. The van der Waals surface area contributed by atoms with E-state index in [9.17, 15) is 4.79 Å². The Bertz CT molecular complexity index is 681. The van der Waals surface area contributed by atoms with E-state index in [-0.39, 0.29) is 5.56 Å². The number of aromatic nitrogens is 2. The van der Waals surface area contributed by atoms with Crippen LogP contribution >= 0.6 is 0 Å². The molecule has 5 heteroatoms. The standard InChI is InChI=1S/C16H22N4O/c1-12-5-7-19(14(8-12)10-17)11-13-9-16(21)20-6-3-2-4-15(20)18-13/h2-4,6,9,12,14H,5,7-8,10-11,17H2,1H3. The molecule has 0 spiro atoms. The van der Waals surface area contributed by atoms with Crippen molar-refractivity contribution in [1.29, 1.82) is 0 Å². The van der Waals surface area contributed by atoms with Gasteiger partial charge in [0.1, 0.15) is 5.65 Å². The molecule has 2 atom stereocenters. The average Bonchev–Trinajstić information content (AvgIpc) is 2.49. The third-order valence-electron chi connectivity index (χ3n) is 4.36. The van der Waals surface area contributed by atoms with E-state index in [1.54, 1.807) is 16.7 Å². The van der Waals surface area contributed by atoms with Crippen molar-refractivity contribution in [2.75, 3.05) is 13.1 Å². The quantitative estimate of drug-likeness (QED) is 0.922. The van der Waals surface area contributed by atoms with Crippen LogP contribution in [-0.2, 0) is 6.54 Å². The Labute approximate surface area is 124 Å². The number of piperidine rings is 1. The van der Waals surface area contributed by atoms with Gasteiger partial charge in [0.2, 0.25) is 0 Å². The van der Waals surface area contributed by atoms with Crippen LogP contribution in [0, 0.1) is 5.92 Å². The fourth-order valence-electron chi connectivity index (χ4n) is 3.15. The van der Waals surface area contributed by atoms with Gasteiger partial charge in [-0.15, -0.1) is 0 Å². The highest BCUT2D eigenvalue weighted by Gasteiger charge is 2.25. The molecule has 1 aliphatic heterocycles. The summed E-state index contributed by atoms with van der Waals surface area (Å²) in [5.74, 6) is 0.727. The maximum atomic E-state index is 12.1. The van der Waals surface area contributed by atoms with Gasteiger partial charge in [-0.1, -0.05) is 13.0 Å². The Morgan fingerprint density at radius 2 is 2.29 bits per heavy atom. The molecule has 0 radical (unpaired) electrons. The van der Waals surface area contributed by atoms with Crippen LogP contribution in [0.3, 0.4) is 0 Å². The van der Waals surface area contributed by atoms with Gasteiger partial charge in [-0.25, -0.2) is 4.98 Å². The second-order valence-electron chi connectivity index (χ2n) is 6.00. The molecule has 5 nitrogen and oxygen atoms in total. The molecule has 0 amide bonds. The summed E-state index contributed by atoms with van der Waals surface area (Å²) in [5.41, 5.74) is 7.42. The van der Waals surface area contributed by atoms with Crippen LogP contribution in [0.2, 0.25) is 0 Å². The van der Waals surface area contributed by atoms with Crippen LogP contribution in [0.4, 0.5) is 0 Å². The lowest BCUT2D eigenvalue weighted by molar-refractivity contribution is 0.114. The van der Waals surface area contributed by atoms with E-state index in [2.05, 4.69) is 16.8 Å². The molecule has 1 saturated heterocycles. The van der Waals surface area contributed by atoms with Gasteiger partial charge in [0.15, 0.2) is 0 Å². The second-order valence-corrected chi connectivity index (χ2v) is 6.00. The van der Waals surface area contributed by atoms with Crippen molar-refractivity contribution in [3.63, 3.8) is 0 Å².